The van der Waals surface area contributed by atoms with Gasteiger partial charge < -0.3 is 5.32 Å². The predicted molar refractivity (Wildman–Crippen MR) is 77.7 cm³/mol. The van der Waals surface area contributed by atoms with E-state index >= 15 is 0 Å². The number of hydrogen-bond donors (Lipinski definition) is 1. The van der Waals surface area contributed by atoms with Crippen LogP contribution in [0, 0.1) is 11.3 Å². The van der Waals surface area contributed by atoms with Crippen LogP contribution in [-0.2, 0) is 6.54 Å². The maximum absolute atomic E-state index is 8.81. The summed E-state index contributed by atoms with van der Waals surface area (Å²) >= 11 is 6.27. The van der Waals surface area contributed by atoms with E-state index in [1.165, 1.54) is 6.33 Å². The lowest BCUT2D eigenvalue weighted by Crippen LogP contribution is -2.35. The maximum Gasteiger partial charge on any atom is 0.252 e. The Morgan fingerprint density at radius 1 is 1.40 bits per heavy atom. The molecule has 0 atom stereocenters. The first-order valence-corrected chi connectivity index (χ1v) is 6.63. The van der Waals surface area contributed by atoms with Gasteiger partial charge in [0.15, 0.2) is 0 Å². The molecule has 0 fully saturated rings. The zero-order valence-corrected chi connectivity index (χ0v) is 12.4. The van der Waals surface area contributed by atoms with Crippen LogP contribution in [0.1, 0.15) is 32.2 Å². The molecule has 2 aromatic rings. The third kappa shape index (κ3) is 3.35. The minimum Gasteiger partial charge on any atom is -0.308 e. The van der Waals surface area contributed by atoms with Gasteiger partial charge >= 0.3 is 0 Å². The highest BCUT2D eigenvalue weighted by Crippen LogP contribution is 2.24. The highest BCUT2D eigenvalue weighted by molar-refractivity contribution is 6.32. The van der Waals surface area contributed by atoms with Crippen LogP contribution in [0.25, 0.3) is 5.69 Å². The van der Waals surface area contributed by atoms with Crippen LogP contribution >= 0.6 is 11.6 Å². The topological polar surface area (TPSA) is 66.5 Å². The molecule has 0 aliphatic rings. The van der Waals surface area contributed by atoms with Crippen LogP contribution in [0.15, 0.2) is 24.5 Å². The maximum atomic E-state index is 8.81. The van der Waals surface area contributed by atoms with Gasteiger partial charge in [0, 0.05) is 12.1 Å². The molecular weight excluding hydrogens is 274 g/mol. The van der Waals surface area contributed by atoms with E-state index in [1.54, 1.807) is 10.7 Å². The lowest BCUT2D eigenvalue weighted by atomic mass is 10.1. The van der Waals surface area contributed by atoms with Gasteiger partial charge in [-0.2, -0.15) is 5.26 Å². The first kappa shape index (κ1) is 14.5. The fraction of sp³-hybridized carbons (Fsp3) is 0.357. The molecule has 0 saturated carbocycles. The molecule has 1 aromatic carbocycles. The van der Waals surface area contributed by atoms with Crippen LogP contribution in [-0.4, -0.2) is 20.3 Å². The van der Waals surface area contributed by atoms with Crippen LogP contribution in [0.4, 0.5) is 0 Å². The summed E-state index contributed by atoms with van der Waals surface area (Å²) in [6, 6.07) is 7.58. The predicted octanol–water partition coefficient (Wildman–Crippen LogP) is 2.68. The molecule has 0 aliphatic heterocycles. The van der Waals surface area contributed by atoms with Crippen molar-refractivity contribution in [3.8, 4) is 11.8 Å². The second kappa shape index (κ2) is 5.61. The van der Waals surface area contributed by atoms with Gasteiger partial charge in [-0.25, -0.2) is 9.67 Å². The zero-order valence-electron chi connectivity index (χ0n) is 11.7. The average Bonchev–Trinajstić information content (AvgIpc) is 2.84. The third-order valence-electron chi connectivity index (χ3n) is 2.70. The van der Waals surface area contributed by atoms with Crippen LogP contribution < -0.4 is 5.32 Å². The van der Waals surface area contributed by atoms with E-state index in [4.69, 9.17) is 16.9 Å². The minimum absolute atomic E-state index is 0.000230. The minimum atomic E-state index is -0.000230. The van der Waals surface area contributed by atoms with Gasteiger partial charge in [-0.1, -0.05) is 23.7 Å². The average molecular weight is 290 g/mol. The van der Waals surface area contributed by atoms with Gasteiger partial charge in [0.1, 0.15) is 12.4 Å². The Morgan fingerprint density at radius 3 is 2.75 bits per heavy atom. The summed E-state index contributed by atoms with van der Waals surface area (Å²) in [6.45, 7) is 6.95. The first-order chi connectivity index (χ1) is 9.40. The van der Waals surface area contributed by atoms with E-state index < -0.39 is 0 Å². The van der Waals surface area contributed by atoms with E-state index in [-0.39, 0.29) is 11.4 Å². The smallest absolute Gasteiger partial charge is 0.252 e. The Balaban J connectivity index is 2.39. The van der Waals surface area contributed by atoms with Crippen molar-refractivity contribution in [2.75, 3.05) is 0 Å². The molecule has 0 amide bonds. The van der Waals surface area contributed by atoms with E-state index in [0.717, 1.165) is 11.3 Å². The molecule has 20 heavy (non-hydrogen) atoms. The third-order valence-corrected chi connectivity index (χ3v) is 3.01. The Bertz CT molecular complexity index is 648. The Morgan fingerprint density at radius 2 is 2.15 bits per heavy atom. The number of hydrogen-bond acceptors (Lipinski definition) is 4. The normalized spacial score (nSPS) is 11.3. The van der Waals surface area contributed by atoms with Crippen molar-refractivity contribution >= 4 is 11.6 Å². The van der Waals surface area contributed by atoms with Crippen LogP contribution in [0.3, 0.4) is 0 Å². The molecule has 1 aromatic heterocycles. The quantitative estimate of drug-likeness (QED) is 0.943. The summed E-state index contributed by atoms with van der Waals surface area (Å²) in [6.07, 6.45) is 1.50. The van der Waals surface area contributed by atoms with Gasteiger partial charge in [0.05, 0.1) is 10.7 Å². The van der Waals surface area contributed by atoms with Crippen molar-refractivity contribution in [2.45, 2.75) is 32.9 Å². The molecule has 6 heteroatoms. The summed E-state index contributed by atoms with van der Waals surface area (Å²) in [5.74, 6) is 0.125. The van der Waals surface area contributed by atoms with Gasteiger partial charge in [-0.15, -0.1) is 5.10 Å². The summed E-state index contributed by atoms with van der Waals surface area (Å²) in [5.41, 5.74) is 1.75. The van der Waals surface area contributed by atoms with Gasteiger partial charge in [0.25, 0.3) is 5.82 Å². The SMILES string of the molecule is CC(C)(C)NCc1cccc(Cl)c1-n1cnc(C#N)n1. The molecule has 1 N–H and O–H groups in total. The lowest BCUT2D eigenvalue weighted by Gasteiger charge is -2.21. The number of para-hydroxylation sites is 1. The van der Waals surface area contributed by atoms with Crippen molar-refractivity contribution < 1.29 is 0 Å². The van der Waals surface area contributed by atoms with E-state index in [1.807, 2.05) is 18.2 Å². The molecular formula is C14H16ClN5. The molecule has 0 aliphatic carbocycles. The second-order valence-corrected chi connectivity index (χ2v) is 5.88. The van der Waals surface area contributed by atoms with Crippen molar-refractivity contribution in [2.24, 2.45) is 0 Å². The molecule has 0 radical (unpaired) electrons. The van der Waals surface area contributed by atoms with Gasteiger partial charge in [0.2, 0.25) is 0 Å². The fourth-order valence-electron chi connectivity index (χ4n) is 1.74. The molecule has 0 spiro atoms. The van der Waals surface area contributed by atoms with E-state index in [9.17, 15) is 0 Å². The van der Waals surface area contributed by atoms with Gasteiger partial charge in [-0.3, -0.25) is 0 Å². The van der Waals surface area contributed by atoms with Gasteiger partial charge in [-0.05, 0) is 32.4 Å². The van der Waals surface area contributed by atoms with Crippen LogP contribution in [0.5, 0.6) is 0 Å². The van der Waals surface area contributed by atoms with E-state index in [0.29, 0.717) is 11.6 Å². The zero-order chi connectivity index (χ0) is 14.8. The van der Waals surface area contributed by atoms with Crippen molar-refractivity contribution in [3.63, 3.8) is 0 Å². The van der Waals surface area contributed by atoms with Crippen LogP contribution in [0.2, 0.25) is 5.02 Å². The summed E-state index contributed by atoms with van der Waals surface area (Å²) < 4.78 is 1.54. The van der Waals surface area contributed by atoms with Crippen molar-refractivity contribution in [3.05, 3.63) is 40.9 Å². The number of nitriles is 1. The standard InChI is InChI=1S/C14H16ClN5/c1-14(2,3)18-8-10-5-4-6-11(15)13(10)20-9-17-12(7-16)19-20/h4-6,9,18H,8H2,1-3H3. The van der Waals surface area contributed by atoms with E-state index in [2.05, 4.69) is 36.2 Å². The highest BCUT2D eigenvalue weighted by atomic mass is 35.5. The molecule has 1 heterocycles. The highest BCUT2D eigenvalue weighted by Gasteiger charge is 2.14. The molecule has 2 rings (SSSR count). The lowest BCUT2D eigenvalue weighted by molar-refractivity contribution is 0.424. The Labute approximate surface area is 123 Å². The summed E-state index contributed by atoms with van der Waals surface area (Å²) in [7, 11) is 0. The first-order valence-electron chi connectivity index (χ1n) is 6.25. The molecule has 0 bridgehead atoms. The number of halogens is 1. The number of rotatable bonds is 3. The Hall–Kier alpha value is -1.90. The second-order valence-electron chi connectivity index (χ2n) is 5.48. The number of nitrogens with zero attached hydrogens (tertiary/aromatic N) is 4. The molecule has 5 nitrogen and oxygen atoms in total. The summed E-state index contributed by atoms with van der Waals surface area (Å²) in [5, 5.41) is 16.9. The van der Waals surface area contributed by atoms with Crippen molar-refractivity contribution in [1.29, 1.82) is 5.26 Å². The van der Waals surface area contributed by atoms with Crippen molar-refractivity contribution in [1.82, 2.24) is 20.1 Å². The fourth-order valence-corrected chi connectivity index (χ4v) is 2.02. The number of nitrogens with one attached hydrogen (secondary N) is 1. The number of aromatic nitrogens is 3. The molecule has 104 valence electrons. The monoisotopic (exact) mass is 289 g/mol. The Kier molecular flexibility index (Phi) is 4.07. The summed E-state index contributed by atoms with van der Waals surface area (Å²) in [4.78, 5) is 3.91. The molecule has 0 unspecified atom stereocenters. The largest absolute Gasteiger partial charge is 0.308 e. The molecule has 0 saturated heterocycles. The number of benzene rings is 1.